The summed E-state index contributed by atoms with van der Waals surface area (Å²) >= 11 is 1.54. The molecule has 1 aliphatic rings. The average molecular weight is 326 g/mol. The molecule has 0 aliphatic carbocycles. The molecule has 21 heavy (non-hydrogen) atoms. The van der Waals surface area contributed by atoms with Crippen molar-refractivity contribution in [3.8, 4) is 0 Å². The van der Waals surface area contributed by atoms with Gasteiger partial charge in [-0.3, -0.25) is 4.79 Å². The van der Waals surface area contributed by atoms with Crippen molar-refractivity contribution >= 4 is 27.1 Å². The zero-order chi connectivity index (χ0) is 15.0. The second-order valence-electron chi connectivity index (χ2n) is 5.00. The van der Waals surface area contributed by atoms with Crippen LogP contribution in [0.1, 0.15) is 5.56 Å². The maximum Gasteiger partial charge on any atom is 0.249 e. The highest BCUT2D eigenvalue weighted by atomic mass is 32.2. The Balaban J connectivity index is 1.63. The van der Waals surface area contributed by atoms with Crippen LogP contribution in [0.2, 0.25) is 0 Å². The predicted molar refractivity (Wildman–Crippen MR) is 76.6 cm³/mol. The molecule has 112 valence electrons. The second-order valence-corrected chi connectivity index (χ2v) is 7.90. The van der Waals surface area contributed by atoms with Gasteiger partial charge in [0.2, 0.25) is 20.9 Å². The highest BCUT2D eigenvalue weighted by Gasteiger charge is 2.42. The summed E-state index contributed by atoms with van der Waals surface area (Å²) in [6.07, 6.45) is 1.67. The third-order valence-corrected chi connectivity index (χ3v) is 6.29. The molecule has 1 fully saturated rings. The second kappa shape index (κ2) is 5.23. The minimum Gasteiger partial charge on any atom is -0.340 e. The molecule has 9 heteroatoms. The van der Waals surface area contributed by atoms with Crippen LogP contribution in [0, 0.1) is 0 Å². The van der Waals surface area contributed by atoms with Gasteiger partial charge in [-0.2, -0.15) is 11.3 Å². The Morgan fingerprint density at radius 2 is 2.24 bits per heavy atom. The molecular formula is C12H14N4O3S2. The Labute approximate surface area is 126 Å². The smallest absolute Gasteiger partial charge is 0.249 e. The summed E-state index contributed by atoms with van der Waals surface area (Å²) in [4.78, 5) is 13.6. The van der Waals surface area contributed by atoms with Crippen molar-refractivity contribution in [2.24, 2.45) is 7.05 Å². The van der Waals surface area contributed by atoms with E-state index in [-0.39, 0.29) is 24.2 Å². The largest absolute Gasteiger partial charge is 0.340 e. The SMILES string of the molecule is Cn1cnnc1S(=O)(=O)C1CN(C(=O)Cc2ccsc2)C1. The lowest BCUT2D eigenvalue weighted by atomic mass is 10.1. The first kappa shape index (κ1) is 14.2. The van der Waals surface area contributed by atoms with E-state index >= 15 is 0 Å². The van der Waals surface area contributed by atoms with Gasteiger partial charge in [0, 0.05) is 20.1 Å². The van der Waals surface area contributed by atoms with E-state index in [0.29, 0.717) is 6.42 Å². The summed E-state index contributed by atoms with van der Waals surface area (Å²) in [5, 5.41) is 10.4. The van der Waals surface area contributed by atoms with Gasteiger partial charge >= 0.3 is 0 Å². The van der Waals surface area contributed by atoms with Gasteiger partial charge in [0.25, 0.3) is 0 Å². The van der Waals surface area contributed by atoms with Crippen molar-refractivity contribution < 1.29 is 13.2 Å². The molecule has 0 spiro atoms. The molecule has 0 bridgehead atoms. The van der Waals surface area contributed by atoms with Crippen molar-refractivity contribution in [3.63, 3.8) is 0 Å². The van der Waals surface area contributed by atoms with Crippen LogP contribution in [0.25, 0.3) is 0 Å². The lowest BCUT2D eigenvalue weighted by molar-refractivity contribution is -0.133. The summed E-state index contributed by atoms with van der Waals surface area (Å²) in [6.45, 7) is 0.441. The predicted octanol–water partition coefficient (Wildman–Crippen LogP) is 0.104. The molecule has 0 saturated carbocycles. The fourth-order valence-electron chi connectivity index (χ4n) is 2.20. The van der Waals surface area contributed by atoms with Gasteiger partial charge in [-0.1, -0.05) is 0 Å². The van der Waals surface area contributed by atoms with Crippen LogP contribution in [0.15, 0.2) is 28.3 Å². The number of carbonyl (C=O) groups is 1. The average Bonchev–Trinajstić information content (AvgIpc) is 2.97. The standard InChI is InChI=1S/C12H14N4O3S2/c1-15-8-13-14-12(15)21(18,19)10-5-16(6-10)11(17)4-9-2-3-20-7-9/h2-3,7-8,10H,4-6H2,1H3. The molecule has 7 nitrogen and oxygen atoms in total. The zero-order valence-electron chi connectivity index (χ0n) is 11.3. The van der Waals surface area contributed by atoms with E-state index in [1.807, 2.05) is 16.8 Å². The van der Waals surface area contributed by atoms with Crippen LogP contribution >= 0.6 is 11.3 Å². The van der Waals surface area contributed by atoms with E-state index in [4.69, 9.17) is 0 Å². The first-order valence-corrected chi connectivity index (χ1v) is 8.84. The number of thiophene rings is 1. The molecule has 0 radical (unpaired) electrons. The highest BCUT2D eigenvalue weighted by molar-refractivity contribution is 7.92. The number of aromatic nitrogens is 3. The number of sulfone groups is 1. The summed E-state index contributed by atoms with van der Waals surface area (Å²) < 4.78 is 26.0. The normalized spacial score (nSPS) is 16.0. The maximum absolute atomic E-state index is 12.3. The monoisotopic (exact) mass is 326 g/mol. The molecule has 0 atom stereocenters. The number of amides is 1. The lowest BCUT2D eigenvalue weighted by Crippen LogP contribution is -2.57. The maximum atomic E-state index is 12.3. The number of rotatable bonds is 4. The van der Waals surface area contributed by atoms with Crippen molar-refractivity contribution in [1.29, 1.82) is 0 Å². The lowest BCUT2D eigenvalue weighted by Gasteiger charge is -2.38. The zero-order valence-corrected chi connectivity index (χ0v) is 13.0. The van der Waals surface area contributed by atoms with Gasteiger partial charge in [0.15, 0.2) is 0 Å². The van der Waals surface area contributed by atoms with E-state index in [1.54, 1.807) is 11.9 Å². The molecule has 0 N–H and O–H groups in total. The third kappa shape index (κ3) is 2.58. The molecule has 1 amide bonds. The molecule has 3 heterocycles. The van der Waals surface area contributed by atoms with Gasteiger partial charge in [-0.25, -0.2) is 8.42 Å². The van der Waals surface area contributed by atoms with Crippen molar-refractivity contribution in [2.45, 2.75) is 16.8 Å². The molecule has 3 rings (SSSR count). The molecule has 2 aromatic rings. The van der Waals surface area contributed by atoms with Crippen molar-refractivity contribution in [1.82, 2.24) is 19.7 Å². The number of likely N-dealkylation sites (tertiary alicyclic amines) is 1. The number of carbonyl (C=O) groups excluding carboxylic acids is 1. The molecule has 2 aromatic heterocycles. The summed E-state index contributed by atoms with van der Waals surface area (Å²) in [5.41, 5.74) is 0.963. The Hall–Kier alpha value is -1.74. The number of hydrogen-bond acceptors (Lipinski definition) is 6. The fraction of sp³-hybridized carbons (Fsp3) is 0.417. The van der Waals surface area contributed by atoms with E-state index in [1.165, 1.54) is 22.2 Å². The van der Waals surface area contributed by atoms with Crippen LogP contribution in [0.4, 0.5) is 0 Å². The van der Waals surface area contributed by atoms with Crippen molar-refractivity contribution in [3.05, 3.63) is 28.7 Å². The third-order valence-electron chi connectivity index (χ3n) is 3.50. The Kier molecular flexibility index (Phi) is 3.54. The number of aryl methyl sites for hydroxylation is 1. The molecule has 0 aromatic carbocycles. The van der Waals surface area contributed by atoms with Crippen LogP contribution in [0.5, 0.6) is 0 Å². The van der Waals surface area contributed by atoms with Crippen LogP contribution in [0.3, 0.4) is 0 Å². The van der Waals surface area contributed by atoms with Gasteiger partial charge in [-0.05, 0) is 22.4 Å². The van der Waals surface area contributed by atoms with Gasteiger partial charge in [-0.15, -0.1) is 10.2 Å². The first-order valence-electron chi connectivity index (χ1n) is 6.35. The summed E-state index contributed by atoms with van der Waals surface area (Å²) in [6, 6.07) is 1.90. The summed E-state index contributed by atoms with van der Waals surface area (Å²) in [5.74, 6) is -0.0437. The molecule has 1 aliphatic heterocycles. The van der Waals surface area contributed by atoms with E-state index in [0.717, 1.165) is 5.56 Å². The van der Waals surface area contributed by atoms with Crippen LogP contribution < -0.4 is 0 Å². The summed E-state index contributed by atoms with van der Waals surface area (Å²) in [7, 11) is -1.93. The van der Waals surface area contributed by atoms with Crippen LogP contribution in [-0.4, -0.2) is 52.3 Å². The van der Waals surface area contributed by atoms with Gasteiger partial charge < -0.3 is 9.47 Å². The Morgan fingerprint density at radius 3 is 2.81 bits per heavy atom. The first-order chi connectivity index (χ1) is 9.98. The number of hydrogen-bond donors (Lipinski definition) is 0. The minimum atomic E-state index is -3.52. The topological polar surface area (TPSA) is 85.2 Å². The molecular weight excluding hydrogens is 312 g/mol. The fourth-order valence-corrected chi connectivity index (χ4v) is 4.53. The quantitative estimate of drug-likeness (QED) is 0.796. The van der Waals surface area contributed by atoms with E-state index < -0.39 is 15.1 Å². The van der Waals surface area contributed by atoms with E-state index in [9.17, 15) is 13.2 Å². The molecule has 0 unspecified atom stereocenters. The van der Waals surface area contributed by atoms with Gasteiger partial charge in [0.1, 0.15) is 11.6 Å². The number of nitrogens with zero attached hydrogens (tertiary/aromatic N) is 4. The van der Waals surface area contributed by atoms with E-state index in [2.05, 4.69) is 10.2 Å². The van der Waals surface area contributed by atoms with Crippen LogP contribution in [-0.2, 0) is 28.1 Å². The minimum absolute atomic E-state index is 0.0437. The Morgan fingerprint density at radius 1 is 1.48 bits per heavy atom. The molecule has 1 saturated heterocycles. The van der Waals surface area contributed by atoms with Gasteiger partial charge in [0.05, 0.1) is 6.42 Å². The highest BCUT2D eigenvalue weighted by Crippen LogP contribution is 2.23. The van der Waals surface area contributed by atoms with Crippen molar-refractivity contribution in [2.75, 3.05) is 13.1 Å². The Bertz CT molecular complexity index is 745.